The lowest BCUT2D eigenvalue weighted by molar-refractivity contribution is 0.198. The van der Waals surface area contributed by atoms with Crippen molar-refractivity contribution in [2.45, 2.75) is 25.2 Å². The third-order valence-electron chi connectivity index (χ3n) is 3.94. The molecule has 20 heavy (non-hydrogen) atoms. The van der Waals surface area contributed by atoms with Gasteiger partial charge in [-0.2, -0.15) is 0 Å². The van der Waals surface area contributed by atoms with Crippen molar-refractivity contribution < 1.29 is 5.11 Å². The van der Waals surface area contributed by atoms with Gasteiger partial charge < -0.3 is 5.11 Å². The summed E-state index contributed by atoms with van der Waals surface area (Å²) in [5, 5.41) is 11.1. The molecule has 2 aromatic rings. The molecular formula is C18H20OSi. The normalized spacial score (nSPS) is 14.0. The highest BCUT2D eigenvalue weighted by atomic mass is 28.3. The summed E-state index contributed by atoms with van der Waals surface area (Å²) in [6.45, 7) is 6.15. The van der Waals surface area contributed by atoms with Gasteiger partial charge in [0.2, 0.25) is 0 Å². The zero-order valence-electron chi connectivity index (χ0n) is 12.2. The molecule has 1 N–H and O–H groups in total. The van der Waals surface area contributed by atoms with Crippen LogP contribution in [0, 0.1) is 11.8 Å². The van der Waals surface area contributed by atoms with E-state index in [1.165, 1.54) is 5.19 Å². The van der Waals surface area contributed by atoms with Crippen LogP contribution < -0.4 is 5.19 Å². The van der Waals surface area contributed by atoms with Gasteiger partial charge in [-0.05, 0) is 19.1 Å². The van der Waals surface area contributed by atoms with Gasteiger partial charge in [0, 0.05) is 5.56 Å². The van der Waals surface area contributed by atoms with Crippen LogP contribution >= 0.6 is 0 Å². The lowest BCUT2D eigenvalue weighted by Crippen LogP contribution is -2.60. The molecule has 0 bridgehead atoms. The molecule has 102 valence electrons. The molecule has 0 heterocycles. The smallest absolute Gasteiger partial charge is 0.131 e. The molecule has 1 nitrogen and oxygen atoms in total. The van der Waals surface area contributed by atoms with Gasteiger partial charge in [-0.3, -0.25) is 0 Å². The van der Waals surface area contributed by atoms with Crippen LogP contribution in [0.3, 0.4) is 0 Å². The Morgan fingerprint density at radius 2 is 1.40 bits per heavy atom. The SMILES string of the molecule is CC(O)(C#Cc1ccccc1)[Si](C)(C)c1ccccc1. The lowest BCUT2D eigenvalue weighted by atomic mass is 10.2. The molecule has 0 spiro atoms. The fraction of sp³-hybridized carbons (Fsp3) is 0.222. The minimum Gasteiger partial charge on any atom is -0.381 e. The van der Waals surface area contributed by atoms with E-state index in [0.29, 0.717) is 0 Å². The largest absolute Gasteiger partial charge is 0.381 e. The Morgan fingerprint density at radius 3 is 1.95 bits per heavy atom. The summed E-state index contributed by atoms with van der Waals surface area (Å²) in [5.74, 6) is 6.18. The average molecular weight is 280 g/mol. The van der Waals surface area contributed by atoms with Crippen LogP contribution in [0.5, 0.6) is 0 Å². The third-order valence-corrected chi connectivity index (χ3v) is 8.27. The zero-order chi connectivity index (χ0) is 14.6. The third kappa shape index (κ3) is 3.01. The van der Waals surface area contributed by atoms with Crippen LogP contribution in [-0.4, -0.2) is 18.4 Å². The monoisotopic (exact) mass is 280 g/mol. The van der Waals surface area contributed by atoms with Gasteiger partial charge in [-0.1, -0.05) is 78.7 Å². The molecule has 0 amide bonds. The molecule has 0 aromatic heterocycles. The first kappa shape index (κ1) is 14.6. The topological polar surface area (TPSA) is 20.2 Å². The van der Waals surface area contributed by atoms with Crippen LogP contribution in [0.15, 0.2) is 60.7 Å². The second-order valence-electron chi connectivity index (χ2n) is 5.68. The highest BCUT2D eigenvalue weighted by molar-refractivity contribution is 6.92. The lowest BCUT2D eigenvalue weighted by Gasteiger charge is -2.34. The zero-order valence-corrected chi connectivity index (χ0v) is 13.2. The van der Waals surface area contributed by atoms with Crippen LogP contribution in [-0.2, 0) is 0 Å². The fourth-order valence-corrected chi connectivity index (χ4v) is 3.97. The van der Waals surface area contributed by atoms with E-state index in [4.69, 9.17) is 0 Å². The fourth-order valence-electron chi connectivity index (χ4n) is 2.01. The average Bonchev–Trinajstić information content (AvgIpc) is 2.47. The van der Waals surface area contributed by atoms with Gasteiger partial charge in [-0.15, -0.1) is 0 Å². The Balaban J connectivity index is 2.33. The van der Waals surface area contributed by atoms with Crippen molar-refractivity contribution in [1.29, 1.82) is 0 Å². The molecule has 0 saturated heterocycles. The van der Waals surface area contributed by atoms with Crippen molar-refractivity contribution >= 4 is 13.3 Å². The predicted octanol–water partition coefficient (Wildman–Crippen LogP) is 2.94. The maximum atomic E-state index is 10.8. The van der Waals surface area contributed by atoms with E-state index in [-0.39, 0.29) is 0 Å². The first-order valence-corrected chi connectivity index (χ1v) is 9.79. The van der Waals surface area contributed by atoms with Crippen molar-refractivity contribution in [2.24, 2.45) is 0 Å². The molecule has 0 saturated carbocycles. The maximum Gasteiger partial charge on any atom is 0.131 e. The highest BCUT2D eigenvalue weighted by Crippen LogP contribution is 2.20. The van der Waals surface area contributed by atoms with E-state index in [1.807, 2.05) is 55.5 Å². The van der Waals surface area contributed by atoms with E-state index < -0.39 is 13.3 Å². The first-order chi connectivity index (χ1) is 9.43. The van der Waals surface area contributed by atoms with E-state index >= 15 is 0 Å². The first-order valence-electron chi connectivity index (χ1n) is 6.79. The van der Waals surface area contributed by atoms with E-state index in [1.54, 1.807) is 0 Å². The molecule has 1 atom stereocenters. The molecule has 0 aliphatic rings. The number of aliphatic hydroxyl groups is 1. The molecule has 0 aliphatic heterocycles. The summed E-state index contributed by atoms with van der Waals surface area (Å²) in [5.41, 5.74) is 0.936. The predicted molar refractivity (Wildman–Crippen MR) is 87.5 cm³/mol. The van der Waals surface area contributed by atoms with Crippen LogP contribution in [0.4, 0.5) is 0 Å². The Kier molecular flexibility index (Phi) is 4.13. The van der Waals surface area contributed by atoms with Crippen molar-refractivity contribution in [2.75, 3.05) is 0 Å². The van der Waals surface area contributed by atoms with Crippen LogP contribution in [0.25, 0.3) is 0 Å². The number of benzene rings is 2. The van der Waals surface area contributed by atoms with Crippen molar-refractivity contribution in [3.05, 3.63) is 66.2 Å². The molecule has 2 heteroatoms. The van der Waals surface area contributed by atoms with Gasteiger partial charge in [0.15, 0.2) is 0 Å². The Labute approximate surface area is 122 Å². The van der Waals surface area contributed by atoms with E-state index in [0.717, 1.165) is 5.56 Å². The van der Waals surface area contributed by atoms with E-state index in [2.05, 4.69) is 37.1 Å². The summed E-state index contributed by atoms with van der Waals surface area (Å²) in [4.78, 5) is 0. The molecule has 0 fully saturated rings. The summed E-state index contributed by atoms with van der Waals surface area (Å²) >= 11 is 0. The van der Waals surface area contributed by atoms with Gasteiger partial charge in [0.1, 0.15) is 13.3 Å². The molecule has 1 unspecified atom stereocenters. The van der Waals surface area contributed by atoms with Gasteiger partial charge in [0.25, 0.3) is 0 Å². The molecule has 0 aliphatic carbocycles. The maximum absolute atomic E-state index is 10.8. The number of rotatable bonds is 2. The van der Waals surface area contributed by atoms with Crippen LogP contribution in [0.2, 0.25) is 13.1 Å². The summed E-state index contributed by atoms with van der Waals surface area (Å²) < 4.78 is 0. The van der Waals surface area contributed by atoms with Gasteiger partial charge in [0.05, 0.1) is 0 Å². The van der Waals surface area contributed by atoms with Gasteiger partial charge >= 0.3 is 0 Å². The van der Waals surface area contributed by atoms with Crippen molar-refractivity contribution in [3.63, 3.8) is 0 Å². The molecule has 2 aromatic carbocycles. The second kappa shape index (κ2) is 5.66. The number of hydrogen-bond donors (Lipinski definition) is 1. The van der Waals surface area contributed by atoms with Crippen molar-refractivity contribution in [3.8, 4) is 11.8 Å². The minimum atomic E-state index is -2.08. The highest BCUT2D eigenvalue weighted by Gasteiger charge is 2.41. The summed E-state index contributed by atoms with van der Waals surface area (Å²) in [6.07, 6.45) is 0. The number of hydrogen-bond acceptors (Lipinski definition) is 1. The van der Waals surface area contributed by atoms with E-state index in [9.17, 15) is 5.11 Å². The second-order valence-corrected chi connectivity index (χ2v) is 10.5. The quantitative estimate of drug-likeness (QED) is 0.662. The summed E-state index contributed by atoms with van der Waals surface area (Å²) in [6, 6.07) is 20.0. The Bertz CT molecular complexity index is 619. The standard InChI is InChI=1S/C18H20OSi/c1-18(19,15-14-16-10-6-4-7-11-16)20(2,3)17-12-8-5-9-13-17/h4-13,19H,1-3H3. The molecule has 0 radical (unpaired) electrons. The minimum absolute atomic E-state index is 0.936. The Hall–Kier alpha value is -1.82. The van der Waals surface area contributed by atoms with Gasteiger partial charge in [-0.25, -0.2) is 0 Å². The van der Waals surface area contributed by atoms with Crippen LogP contribution in [0.1, 0.15) is 12.5 Å². The Morgan fingerprint density at radius 1 is 0.900 bits per heavy atom. The van der Waals surface area contributed by atoms with Crippen molar-refractivity contribution in [1.82, 2.24) is 0 Å². The molecule has 2 rings (SSSR count). The molecular weight excluding hydrogens is 260 g/mol. The summed E-state index contributed by atoms with van der Waals surface area (Å²) in [7, 11) is -2.08.